The second kappa shape index (κ2) is 10.7. The standard InChI is InChI=1S/C25H32N6O2/c1-2-24(33)29-23-9-5-8-21(28-23)17-10-12-31(13-11-17)16-19(30-26)15-27-25-20-7-4-3-6-18(20)14-22(25)32/h3-9,15,17,22,25-27,32H,2,10-14,16H2,1H3,(H,28,29,33)/b19-15-,30-26?/t22-,25-/m1/s1. The van der Waals surface area contributed by atoms with E-state index < -0.39 is 6.10 Å². The summed E-state index contributed by atoms with van der Waals surface area (Å²) in [6.45, 7) is 4.19. The van der Waals surface area contributed by atoms with Gasteiger partial charge >= 0.3 is 0 Å². The van der Waals surface area contributed by atoms with Crippen molar-refractivity contribution in [2.75, 3.05) is 25.0 Å². The van der Waals surface area contributed by atoms with Gasteiger partial charge < -0.3 is 15.7 Å². The summed E-state index contributed by atoms with van der Waals surface area (Å²) < 4.78 is 0. The lowest BCUT2D eigenvalue weighted by molar-refractivity contribution is -0.115. The number of rotatable bonds is 8. The first kappa shape index (κ1) is 23.1. The molecule has 0 radical (unpaired) electrons. The van der Waals surface area contributed by atoms with Gasteiger partial charge in [-0.1, -0.05) is 37.3 Å². The number of carbonyl (C=O) groups is 1. The first-order chi connectivity index (χ1) is 16.1. The van der Waals surface area contributed by atoms with Crippen LogP contribution in [0.5, 0.6) is 0 Å². The smallest absolute Gasteiger partial charge is 0.225 e. The number of pyridine rings is 1. The lowest BCUT2D eigenvalue weighted by Gasteiger charge is -2.31. The predicted molar refractivity (Wildman–Crippen MR) is 127 cm³/mol. The first-order valence-corrected chi connectivity index (χ1v) is 11.6. The molecule has 0 saturated carbocycles. The summed E-state index contributed by atoms with van der Waals surface area (Å²) in [5.41, 5.74) is 11.5. The number of carbonyl (C=O) groups excluding carboxylic acids is 1. The molecule has 174 valence electrons. The molecule has 2 heterocycles. The molecule has 8 nitrogen and oxygen atoms in total. The summed E-state index contributed by atoms with van der Waals surface area (Å²) in [5.74, 6) is 0.931. The van der Waals surface area contributed by atoms with E-state index in [1.807, 2.05) is 49.4 Å². The molecule has 1 aromatic carbocycles. The summed E-state index contributed by atoms with van der Waals surface area (Å²) >= 11 is 0. The van der Waals surface area contributed by atoms with E-state index in [9.17, 15) is 9.90 Å². The molecule has 1 amide bonds. The molecule has 4 N–H and O–H groups in total. The maximum atomic E-state index is 11.7. The zero-order valence-electron chi connectivity index (χ0n) is 19.0. The van der Waals surface area contributed by atoms with Crippen LogP contribution in [0.4, 0.5) is 5.82 Å². The third-order valence-electron chi connectivity index (χ3n) is 6.53. The van der Waals surface area contributed by atoms with E-state index in [-0.39, 0.29) is 11.9 Å². The number of aliphatic hydroxyl groups excluding tert-OH is 1. The van der Waals surface area contributed by atoms with Crippen LogP contribution < -0.4 is 10.6 Å². The van der Waals surface area contributed by atoms with Crippen molar-refractivity contribution in [1.29, 1.82) is 5.53 Å². The molecular formula is C25H32N6O2. The van der Waals surface area contributed by atoms with Gasteiger partial charge in [-0.3, -0.25) is 9.69 Å². The van der Waals surface area contributed by atoms with Gasteiger partial charge in [0.1, 0.15) is 5.82 Å². The van der Waals surface area contributed by atoms with Crippen LogP contribution in [0.1, 0.15) is 55.0 Å². The number of nitrogens with zero attached hydrogens (tertiary/aromatic N) is 3. The van der Waals surface area contributed by atoms with Gasteiger partial charge in [0.15, 0.2) is 0 Å². The highest BCUT2D eigenvalue weighted by Crippen LogP contribution is 2.31. The molecule has 0 bridgehead atoms. The molecule has 1 aliphatic carbocycles. The van der Waals surface area contributed by atoms with E-state index in [0.717, 1.165) is 42.8 Å². The number of fused-ring (bicyclic) bond motifs is 1. The highest BCUT2D eigenvalue weighted by Gasteiger charge is 2.30. The summed E-state index contributed by atoms with van der Waals surface area (Å²) in [6, 6.07) is 13.7. The first-order valence-electron chi connectivity index (χ1n) is 11.6. The Balaban J connectivity index is 1.31. The van der Waals surface area contributed by atoms with Gasteiger partial charge in [0.2, 0.25) is 5.91 Å². The van der Waals surface area contributed by atoms with Gasteiger partial charge in [0.25, 0.3) is 0 Å². The maximum absolute atomic E-state index is 11.7. The van der Waals surface area contributed by atoms with Crippen LogP contribution in [0.2, 0.25) is 0 Å². The minimum atomic E-state index is -0.480. The molecule has 33 heavy (non-hydrogen) atoms. The minimum Gasteiger partial charge on any atom is -0.390 e. The fraction of sp³-hybridized carbons (Fsp3) is 0.440. The molecule has 2 aliphatic rings. The van der Waals surface area contributed by atoms with Crippen molar-refractivity contribution < 1.29 is 9.90 Å². The number of benzene rings is 1. The summed E-state index contributed by atoms with van der Waals surface area (Å²) in [6.07, 6.45) is 4.29. The van der Waals surface area contributed by atoms with Crippen molar-refractivity contribution in [2.45, 2.75) is 50.7 Å². The molecule has 8 heteroatoms. The van der Waals surface area contributed by atoms with E-state index in [1.165, 1.54) is 0 Å². The van der Waals surface area contributed by atoms with Gasteiger partial charge in [0.05, 0.1) is 17.8 Å². The highest BCUT2D eigenvalue weighted by atomic mass is 16.3. The summed E-state index contributed by atoms with van der Waals surface area (Å²) in [5, 5.41) is 20.3. The van der Waals surface area contributed by atoms with Crippen LogP contribution in [0.15, 0.2) is 59.5 Å². The minimum absolute atomic E-state index is 0.0323. The topological polar surface area (TPSA) is 114 Å². The quantitative estimate of drug-likeness (QED) is 0.460. The molecule has 1 saturated heterocycles. The van der Waals surface area contributed by atoms with Crippen LogP contribution in [0.25, 0.3) is 0 Å². The Morgan fingerprint density at radius 2 is 2.03 bits per heavy atom. The zero-order valence-corrected chi connectivity index (χ0v) is 19.0. The van der Waals surface area contributed by atoms with Crippen LogP contribution in [-0.4, -0.2) is 46.6 Å². The molecular weight excluding hydrogens is 416 g/mol. The molecule has 0 spiro atoms. The second-order valence-corrected chi connectivity index (χ2v) is 8.76. The SMILES string of the molecule is CCC(=O)Nc1cccc(C2CCN(C/C(=C/N[C@@H]3c4ccccc4C[C@H]3O)N=N)CC2)n1. The number of aromatic nitrogens is 1. The van der Waals surface area contributed by atoms with Gasteiger partial charge in [-0.2, -0.15) is 5.11 Å². The van der Waals surface area contributed by atoms with Gasteiger partial charge in [0, 0.05) is 37.2 Å². The van der Waals surface area contributed by atoms with Gasteiger partial charge in [-0.25, -0.2) is 10.5 Å². The Morgan fingerprint density at radius 1 is 1.24 bits per heavy atom. The van der Waals surface area contributed by atoms with E-state index in [4.69, 9.17) is 5.53 Å². The van der Waals surface area contributed by atoms with Crippen LogP contribution in [0.3, 0.4) is 0 Å². The lowest BCUT2D eigenvalue weighted by atomic mass is 9.93. The number of hydrogen-bond acceptors (Lipinski definition) is 7. The largest absolute Gasteiger partial charge is 0.390 e. The normalized spacial score (nSPS) is 21.5. The average molecular weight is 449 g/mol. The monoisotopic (exact) mass is 448 g/mol. The van der Waals surface area contributed by atoms with Gasteiger partial charge in [-0.15, -0.1) is 0 Å². The second-order valence-electron chi connectivity index (χ2n) is 8.76. The number of likely N-dealkylation sites (tertiary alicyclic amines) is 1. The Morgan fingerprint density at radius 3 is 2.79 bits per heavy atom. The van der Waals surface area contributed by atoms with Crippen LogP contribution in [0, 0.1) is 5.53 Å². The van der Waals surface area contributed by atoms with E-state index in [2.05, 4.69) is 25.6 Å². The Bertz CT molecular complexity index is 1020. The Kier molecular flexibility index (Phi) is 7.47. The third-order valence-corrected chi connectivity index (χ3v) is 6.53. The summed E-state index contributed by atoms with van der Waals surface area (Å²) in [4.78, 5) is 18.6. The molecule has 4 rings (SSSR count). The van der Waals surface area contributed by atoms with Crippen molar-refractivity contribution in [2.24, 2.45) is 5.11 Å². The molecule has 2 atom stereocenters. The van der Waals surface area contributed by atoms with Crippen molar-refractivity contribution in [3.05, 3.63) is 71.2 Å². The number of anilines is 1. The number of piperidine rings is 1. The number of amides is 1. The van der Waals surface area contributed by atoms with E-state index in [1.54, 1.807) is 6.20 Å². The molecule has 1 aromatic heterocycles. The predicted octanol–water partition coefficient (Wildman–Crippen LogP) is 3.73. The maximum Gasteiger partial charge on any atom is 0.225 e. The molecule has 2 aromatic rings. The van der Waals surface area contributed by atoms with Crippen LogP contribution in [-0.2, 0) is 11.2 Å². The molecule has 0 unspecified atom stereocenters. The summed E-state index contributed by atoms with van der Waals surface area (Å²) in [7, 11) is 0. The van der Waals surface area contributed by atoms with Crippen LogP contribution >= 0.6 is 0 Å². The molecule has 1 fully saturated rings. The zero-order chi connectivity index (χ0) is 23.2. The van der Waals surface area contributed by atoms with E-state index >= 15 is 0 Å². The fourth-order valence-electron chi connectivity index (χ4n) is 4.67. The van der Waals surface area contributed by atoms with Gasteiger partial charge in [-0.05, 0) is 49.2 Å². The fourth-order valence-corrected chi connectivity index (χ4v) is 4.67. The van der Waals surface area contributed by atoms with E-state index in [0.29, 0.717) is 36.8 Å². The lowest BCUT2D eigenvalue weighted by Crippen LogP contribution is -2.35. The number of nitrogens with one attached hydrogen (secondary N) is 3. The van der Waals surface area contributed by atoms with Crippen molar-refractivity contribution in [3.8, 4) is 0 Å². The Labute approximate surface area is 194 Å². The van der Waals surface area contributed by atoms with Crippen molar-refractivity contribution >= 4 is 11.7 Å². The van der Waals surface area contributed by atoms with Crippen molar-refractivity contribution in [1.82, 2.24) is 15.2 Å². The molecule has 1 aliphatic heterocycles. The third kappa shape index (κ3) is 5.64. The van der Waals surface area contributed by atoms with Crippen molar-refractivity contribution in [3.63, 3.8) is 0 Å². The average Bonchev–Trinajstić information content (AvgIpc) is 3.17. The highest BCUT2D eigenvalue weighted by molar-refractivity contribution is 5.89. The number of aliphatic hydroxyl groups is 1. The number of hydrogen-bond donors (Lipinski definition) is 4. The Hall–Kier alpha value is -3.10.